The molecule has 1 aliphatic heterocycles. The average molecular weight is 390 g/mol. The minimum Gasteiger partial charge on any atom is -0.492 e. The lowest BCUT2D eigenvalue weighted by Gasteiger charge is -2.32. The Labute approximate surface area is 145 Å². The van der Waals surface area contributed by atoms with Crippen molar-refractivity contribution in [3.05, 3.63) is 27.7 Å². The molecular formula is C16H22BrClN2O2. The maximum absolute atomic E-state index is 12.3. The Hall–Kier alpha value is -0.780. The van der Waals surface area contributed by atoms with Crippen LogP contribution in [-0.2, 0) is 4.79 Å². The Balaban J connectivity index is 1.77. The number of piperidine rings is 1. The highest BCUT2D eigenvalue weighted by Gasteiger charge is 2.22. The fraction of sp³-hybridized carbons (Fsp3) is 0.562. The number of nitrogens with zero attached hydrogens (tertiary/aromatic N) is 1. The van der Waals surface area contributed by atoms with Crippen molar-refractivity contribution >= 4 is 33.4 Å². The van der Waals surface area contributed by atoms with Crippen LogP contribution in [0, 0.1) is 5.92 Å². The summed E-state index contributed by atoms with van der Waals surface area (Å²) in [7, 11) is 1.96. The number of likely N-dealkylation sites (tertiary alicyclic amines) is 1. The van der Waals surface area contributed by atoms with Crippen molar-refractivity contribution in [2.24, 2.45) is 5.92 Å². The first-order valence-corrected chi connectivity index (χ1v) is 8.77. The largest absolute Gasteiger partial charge is 0.492 e. The highest BCUT2D eigenvalue weighted by molar-refractivity contribution is 9.10. The molecule has 2 rings (SSSR count). The van der Waals surface area contributed by atoms with E-state index >= 15 is 0 Å². The molecule has 1 aromatic carbocycles. The zero-order valence-corrected chi connectivity index (χ0v) is 15.1. The minimum absolute atomic E-state index is 0.172. The molecule has 122 valence electrons. The number of benzene rings is 1. The van der Waals surface area contributed by atoms with Gasteiger partial charge in [0, 0.05) is 18.1 Å². The van der Waals surface area contributed by atoms with Crippen LogP contribution >= 0.6 is 27.5 Å². The molecule has 0 unspecified atom stereocenters. The van der Waals surface area contributed by atoms with Crippen LogP contribution in [0.15, 0.2) is 22.7 Å². The quantitative estimate of drug-likeness (QED) is 0.811. The lowest BCUT2D eigenvalue weighted by atomic mass is 9.98. The first kappa shape index (κ1) is 17.6. The number of hydrogen-bond donors (Lipinski definition) is 1. The summed E-state index contributed by atoms with van der Waals surface area (Å²) in [6.45, 7) is 3.07. The summed E-state index contributed by atoms with van der Waals surface area (Å²) in [4.78, 5) is 14.2. The normalized spacial score (nSPS) is 18.3. The van der Waals surface area contributed by atoms with E-state index in [9.17, 15) is 4.79 Å². The molecule has 0 aromatic heterocycles. The molecule has 0 radical (unpaired) electrons. The molecule has 4 nitrogen and oxygen atoms in total. The number of rotatable bonds is 6. The number of ether oxygens (including phenoxy) is 1. The highest BCUT2D eigenvalue weighted by atomic mass is 79.9. The van der Waals surface area contributed by atoms with Gasteiger partial charge in [0.1, 0.15) is 5.75 Å². The molecule has 1 amide bonds. The Kier molecular flexibility index (Phi) is 6.99. The average Bonchev–Trinajstić information content (AvgIpc) is 2.50. The number of halogens is 2. The summed E-state index contributed by atoms with van der Waals surface area (Å²) in [5.74, 6) is 1.45. The van der Waals surface area contributed by atoms with Crippen molar-refractivity contribution in [1.82, 2.24) is 10.2 Å². The predicted octanol–water partition coefficient (Wildman–Crippen LogP) is 3.33. The summed E-state index contributed by atoms with van der Waals surface area (Å²) in [5, 5.41) is 3.85. The van der Waals surface area contributed by atoms with Crippen LogP contribution in [0.25, 0.3) is 0 Å². The van der Waals surface area contributed by atoms with E-state index in [0.29, 0.717) is 29.7 Å². The first-order valence-electron chi connectivity index (χ1n) is 7.60. The number of amides is 1. The third-order valence-corrected chi connectivity index (χ3v) is 4.69. The van der Waals surface area contributed by atoms with Crippen LogP contribution in [-0.4, -0.2) is 44.1 Å². The van der Waals surface area contributed by atoms with E-state index < -0.39 is 0 Å². The molecule has 1 aliphatic rings. The van der Waals surface area contributed by atoms with Gasteiger partial charge in [0.25, 0.3) is 0 Å². The standard InChI is InChI=1S/C16H22BrClN2O2/c1-19-10-12-3-2-7-20(11-12)16(21)6-8-22-15-5-4-13(18)9-14(15)17/h4-5,9,12,19H,2-3,6-8,10-11H2,1H3/t12-/m1/s1. The molecule has 1 N–H and O–H groups in total. The predicted molar refractivity (Wildman–Crippen MR) is 92.5 cm³/mol. The van der Waals surface area contributed by atoms with Gasteiger partial charge >= 0.3 is 0 Å². The van der Waals surface area contributed by atoms with E-state index in [1.807, 2.05) is 11.9 Å². The van der Waals surface area contributed by atoms with Crippen molar-refractivity contribution in [3.8, 4) is 5.75 Å². The van der Waals surface area contributed by atoms with Gasteiger partial charge in [0.05, 0.1) is 17.5 Å². The van der Waals surface area contributed by atoms with E-state index in [-0.39, 0.29) is 5.91 Å². The molecular weight excluding hydrogens is 368 g/mol. The van der Waals surface area contributed by atoms with E-state index in [0.717, 1.165) is 30.5 Å². The molecule has 1 aromatic rings. The monoisotopic (exact) mass is 388 g/mol. The van der Waals surface area contributed by atoms with Gasteiger partial charge in [-0.1, -0.05) is 11.6 Å². The smallest absolute Gasteiger partial charge is 0.226 e. The van der Waals surface area contributed by atoms with Gasteiger partial charge in [-0.2, -0.15) is 0 Å². The molecule has 0 saturated carbocycles. The van der Waals surface area contributed by atoms with Crippen LogP contribution in [0.3, 0.4) is 0 Å². The second-order valence-electron chi connectivity index (χ2n) is 5.58. The maximum Gasteiger partial charge on any atom is 0.226 e. The van der Waals surface area contributed by atoms with Gasteiger partial charge in [-0.25, -0.2) is 0 Å². The van der Waals surface area contributed by atoms with E-state index in [2.05, 4.69) is 21.2 Å². The second kappa shape index (κ2) is 8.75. The van der Waals surface area contributed by atoms with Gasteiger partial charge in [-0.3, -0.25) is 4.79 Å². The molecule has 22 heavy (non-hydrogen) atoms. The van der Waals surface area contributed by atoms with Gasteiger partial charge < -0.3 is 15.0 Å². The van der Waals surface area contributed by atoms with Crippen LogP contribution in [0.5, 0.6) is 5.75 Å². The number of hydrogen-bond acceptors (Lipinski definition) is 3. The van der Waals surface area contributed by atoms with Gasteiger partial charge in [-0.05, 0) is 66.5 Å². The minimum atomic E-state index is 0.172. The van der Waals surface area contributed by atoms with Crippen LogP contribution in [0.1, 0.15) is 19.3 Å². The van der Waals surface area contributed by atoms with E-state index in [1.165, 1.54) is 6.42 Å². The van der Waals surface area contributed by atoms with Crippen molar-refractivity contribution in [2.45, 2.75) is 19.3 Å². The van der Waals surface area contributed by atoms with Crippen molar-refractivity contribution in [3.63, 3.8) is 0 Å². The van der Waals surface area contributed by atoms with Crippen LogP contribution < -0.4 is 10.1 Å². The zero-order chi connectivity index (χ0) is 15.9. The molecule has 1 fully saturated rings. The summed E-state index contributed by atoms with van der Waals surface area (Å²) in [6.07, 6.45) is 2.68. The van der Waals surface area contributed by atoms with Crippen molar-refractivity contribution in [2.75, 3.05) is 33.3 Å². The van der Waals surface area contributed by atoms with Gasteiger partial charge in [0.15, 0.2) is 0 Å². The second-order valence-corrected chi connectivity index (χ2v) is 6.87. The molecule has 0 spiro atoms. The lowest BCUT2D eigenvalue weighted by Crippen LogP contribution is -2.42. The lowest BCUT2D eigenvalue weighted by molar-refractivity contribution is -0.133. The molecule has 1 atom stereocenters. The van der Waals surface area contributed by atoms with Gasteiger partial charge in [-0.15, -0.1) is 0 Å². The number of nitrogens with one attached hydrogen (secondary N) is 1. The Bertz CT molecular complexity index is 511. The molecule has 6 heteroatoms. The molecule has 0 aliphatic carbocycles. The third-order valence-electron chi connectivity index (χ3n) is 3.83. The fourth-order valence-corrected chi connectivity index (χ4v) is 3.54. The van der Waals surface area contributed by atoms with E-state index in [4.69, 9.17) is 16.3 Å². The SMILES string of the molecule is CNC[C@H]1CCCN(C(=O)CCOc2ccc(Cl)cc2Br)C1. The summed E-state index contributed by atoms with van der Waals surface area (Å²) in [6, 6.07) is 5.36. The van der Waals surface area contributed by atoms with Gasteiger partial charge in [0.2, 0.25) is 5.91 Å². The fourth-order valence-electron chi connectivity index (χ4n) is 2.75. The number of carbonyl (C=O) groups excluding carboxylic acids is 1. The number of carbonyl (C=O) groups is 1. The first-order chi connectivity index (χ1) is 10.6. The highest BCUT2D eigenvalue weighted by Crippen LogP contribution is 2.28. The summed E-state index contributed by atoms with van der Waals surface area (Å²) < 4.78 is 6.47. The molecule has 1 saturated heterocycles. The maximum atomic E-state index is 12.3. The van der Waals surface area contributed by atoms with Crippen molar-refractivity contribution < 1.29 is 9.53 Å². The summed E-state index contributed by atoms with van der Waals surface area (Å²) in [5.41, 5.74) is 0. The topological polar surface area (TPSA) is 41.6 Å². The summed E-state index contributed by atoms with van der Waals surface area (Å²) >= 11 is 9.30. The van der Waals surface area contributed by atoms with E-state index in [1.54, 1.807) is 18.2 Å². The zero-order valence-electron chi connectivity index (χ0n) is 12.8. The molecule has 1 heterocycles. The third kappa shape index (κ3) is 5.14. The Morgan fingerprint density at radius 3 is 3.09 bits per heavy atom. The Morgan fingerprint density at radius 2 is 2.36 bits per heavy atom. The van der Waals surface area contributed by atoms with Crippen molar-refractivity contribution in [1.29, 1.82) is 0 Å². The van der Waals surface area contributed by atoms with Crippen LogP contribution in [0.2, 0.25) is 5.02 Å². The Morgan fingerprint density at radius 1 is 1.55 bits per heavy atom. The van der Waals surface area contributed by atoms with Crippen LogP contribution in [0.4, 0.5) is 0 Å². The molecule has 0 bridgehead atoms.